The fourth-order valence-corrected chi connectivity index (χ4v) is 4.46. The molecule has 0 saturated heterocycles. The molecule has 6 heteroatoms. The fourth-order valence-electron chi connectivity index (χ4n) is 3.08. The van der Waals surface area contributed by atoms with E-state index in [-0.39, 0.29) is 10.8 Å². The second-order valence-electron chi connectivity index (χ2n) is 6.61. The molecule has 0 bridgehead atoms. The predicted octanol–water partition coefficient (Wildman–Crippen LogP) is 2.88. The third-order valence-corrected chi connectivity index (χ3v) is 6.26. The highest BCUT2D eigenvalue weighted by atomic mass is 32.2. The van der Waals surface area contributed by atoms with Crippen molar-refractivity contribution in [2.45, 2.75) is 37.0 Å². The van der Waals surface area contributed by atoms with Crippen LogP contribution in [0, 0.1) is 13.8 Å². The monoisotopic (exact) mass is 358 g/mol. The highest BCUT2D eigenvalue weighted by Crippen LogP contribution is 2.48. The maximum Gasteiger partial charge on any atom is 0.262 e. The first kappa shape index (κ1) is 17.5. The van der Waals surface area contributed by atoms with E-state index in [9.17, 15) is 13.2 Å². The van der Waals surface area contributed by atoms with E-state index < -0.39 is 15.4 Å². The molecule has 1 fully saturated rings. The summed E-state index contributed by atoms with van der Waals surface area (Å²) in [4.78, 5) is 12.3. The Kier molecular flexibility index (Phi) is 4.33. The third-order valence-electron chi connectivity index (χ3n) is 4.73. The van der Waals surface area contributed by atoms with Crippen molar-refractivity contribution in [1.29, 1.82) is 0 Å². The van der Waals surface area contributed by atoms with Crippen LogP contribution in [0.1, 0.15) is 29.5 Å². The Hall–Kier alpha value is -2.34. The Balaban J connectivity index is 1.84. The van der Waals surface area contributed by atoms with Crippen LogP contribution in [0.2, 0.25) is 0 Å². The first-order chi connectivity index (χ1) is 11.8. The molecule has 1 saturated carbocycles. The number of hydrogen-bond acceptors (Lipinski definition) is 3. The van der Waals surface area contributed by atoms with Gasteiger partial charge in [0.25, 0.3) is 10.0 Å². The molecule has 2 aromatic rings. The van der Waals surface area contributed by atoms with Gasteiger partial charge in [0.2, 0.25) is 5.91 Å². The number of aryl methyl sites for hydroxylation is 2. The number of hydrogen-bond donors (Lipinski definition) is 2. The van der Waals surface area contributed by atoms with Crippen LogP contribution in [0.4, 0.5) is 5.69 Å². The van der Waals surface area contributed by atoms with E-state index >= 15 is 0 Å². The van der Waals surface area contributed by atoms with Gasteiger partial charge < -0.3 is 5.32 Å². The van der Waals surface area contributed by atoms with E-state index in [2.05, 4.69) is 10.0 Å². The molecule has 1 amide bonds. The van der Waals surface area contributed by atoms with Crippen LogP contribution in [0.3, 0.4) is 0 Å². The van der Waals surface area contributed by atoms with E-state index in [4.69, 9.17) is 0 Å². The standard InChI is InChI=1S/C19H22N2O3S/c1-13-4-5-14(2)17(12-13)25(23,24)21-16-8-6-15(7-9-16)19(10-11-19)18(22)20-3/h4-9,12,21H,10-11H2,1-3H3,(H,20,22). The maximum absolute atomic E-state index is 12.6. The minimum absolute atomic E-state index is 0.0104. The molecule has 1 aliphatic rings. The average molecular weight is 358 g/mol. The Morgan fingerprint density at radius 2 is 1.68 bits per heavy atom. The van der Waals surface area contributed by atoms with Crippen molar-refractivity contribution in [1.82, 2.24) is 5.32 Å². The van der Waals surface area contributed by atoms with Crippen LogP contribution in [0.15, 0.2) is 47.4 Å². The highest BCUT2D eigenvalue weighted by molar-refractivity contribution is 7.92. The van der Waals surface area contributed by atoms with Crippen molar-refractivity contribution in [2.75, 3.05) is 11.8 Å². The summed E-state index contributed by atoms with van der Waals surface area (Å²) in [7, 11) is -2.02. The van der Waals surface area contributed by atoms with Gasteiger partial charge in [-0.3, -0.25) is 9.52 Å². The lowest BCUT2D eigenvalue weighted by Gasteiger charge is -2.15. The zero-order chi connectivity index (χ0) is 18.2. The van der Waals surface area contributed by atoms with Crippen LogP contribution in [0.5, 0.6) is 0 Å². The summed E-state index contributed by atoms with van der Waals surface area (Å²) >= 11 is 0. The number of anilines is 1. The number of carbonyl (C=O) groups is 1. The van der Waals surface area contributed by atoms with Gasteiger partial charge in [-0.25, -0.2) is 8.42 Å². The lowest BCUT2D eigenvalue weighted by molar-refractivity contribution is -0.123. The predicted molar refractivity (Wildman–Crippen MR) is 98.1 cm³/mol. The molecule has 25 heavy (non-hydrogen) atoms. The molecule has 1 aliphatic carbocycles. The lowest BCUT2D eigenvalue weighted by atomic mass is 9.95. The number of rotatable bonds is 5. The molecule has 0 spiro atoms. The highest BCUT2D eigenvalue weighted by Gasteiger charge is 2.50. The number of likely N-dealkylation sites (N-methyl/N-ethyl adjacent to an activating group) is 1. The SMILES string of the molecule is CNC(=O)C1(c2ccc(NS(=O)(=O)c3cc(C)ccc3C)cc2)CC1. The molecule has 5 nitrogen and oxygen atoms in total. The van der Waals surface area contributed by atoms with Crippen LogP contribution in [-0.4, -0.2) is 21.4 Å². The molecule has 0 heterocycles. The van der Waals surface area contributed by atoms with E-state index in [1.165, 1.54) is 0 Å². The van der Waals surface area contributed by atoms with E-state index in [1.807, 2.05) is 25.1 Å². The normalized spacial score (nSPS) is 15.5. The van der Waals surface area contributed by atoms with Crippen LogP contribution in [-0.2, 0) is 20.2 Å². The maximum atomic E-state index is 12.6. The Labute approximate surface area is 148 Å². The molecule has 132 valence electrons. The molecule has 0 aromatic heterocycles. The van der Waals surface area contributed by atoms with E-state index in [0.29, 0.717) is 11.3 Å². The topological polar surface area (TPSA) is 75.3 Å². The van der Waals surface area contributed by atoms with Crippen molar-refractivity contribution >= 4 is 21.6 Å². The number of carbonyl (C=O) groups excluding carboxylic acids is 1. The first-order valence-electron chi connectivity index (χ1n) is 8.21. The zero-order valence-corrected chi connectivity index (χ0v) is 15.4. The Bertz CT molecular complexity index is 914. The summed E-state index contributed by atoms with van der Waals surface area (Å²) < 4.78 is 27.9. The molecule has 0 radical (unpaired) electrons. The second-order valence-corrected chi connectivity index (χ2v) is 8.26. The molecule has 0 atom stereocenters. The van der Waals surface area contributed by atoms with Crippen LogP contribution >= 0.6 is 0 Å². The Morgan fingerprint density at radius 3 is 2.24 bits per heavy atom. The van der Waals surface area contributed by atoms with Crippen molar-refractivity contribution < 1.29 is 13.2 Å². The largest absolute Gasteiger partial charge is 0.358 e. The second kappa shape index (κ2) is 6.19. The van der Waals surface area contributed by atoms with Gasteiger partial charge in [0.15, 0.2) is 0 Å². The minimum Gasteiger partial charge on any atom is -0.358 e. The summed E-state index contributed by atoms with van der Waals surface area (Å²) in [5, 5.41) is 2.70. The summed E-state index contributed by atoms with van der Waals surface area (Å²) in [6.07, 6.45) is 1.64. The lowest BCUT2D eigenvalue weighted by Crippen LogP contribution is -2.31. The minimum atomic E-state index is -3.65. The summed E-state index contributed by atoms with van der Waals surface area (Å²) in [5.41, 5.74) is 2.55. The molecular weight excluding hydrogens is 336 g/mol. The number of benzene rings is 2. The van der Waals surface area contributed by atoms with Gasteiger partial charge in [-0.2, -0.15) is 0 Å². The average Bonchev–Trinajstić information content (AvgIpc) is 3.38. The van der Waals surface area contributed by atoms with Gasteiger partial charge in [-0.05, 0) is 61.6 Å². The van der Waals surface area contributed by atoms with Crippen molar-refractivity contribution in [3.8, 4) is 0 Å². The molecular formula is C19H22N2O3S. The Morgan fingerprint density at radius 1 is 1.04 bits per heavy atom. The van der Waals surface area contributed by atoms with Gasteiger partial charge in [0, 0.05) is 12.7 Å². The summed E-state index contributed by atoms with van der Waals surface area (Å²) in [6.45, 7) is 3.64. The number of nitrogens with one attached hydrogen (secondary N) is 2. The van der Waals surface area contributed by atoms with Gasteiger partial charge in [0.05, 0.1) is 10.3 Å². The summed E-state index contributed by atoms with van der Waals surface area (Å²) in [5.74, 6) is 0.0104. The van der Waals surface area contributed by atoms with Gasteiger partial charge >= 0.3 is 0 Å². The molecule has 2 aromatic carbocycles. The smallest absolute Gasteiger partial charge is 0.262 e. The van der Waals surface area contributed by atoms with Crippen molar-refractivity contribution in [2.24, 2.45) is 0 Å². The molecule has 0 unspecified atom stereocenters. The zero-order valence-electron chi connectivity index (χ0n) is 14.6. The van der Waals surface area contributed by atoms with Gasteiger partial charge in [-0.15, -0.1) is 0 Å². The molecule has 3 rings (SSSR count). The van der Waals surface area contributed by atoms with Crippen molar-refractivity contribution in [3.05, 3.63) is 59.2 Å². The summed E-state index contributed by atoms with van der Waals surface area (Å²) in [6, 6.07) is 12.4. The number of sulfonamides is 1. The number of amides is 1. The quantitative estimate of drug-likeness (QED) is 0.863. The molecule has 2 N–H and O–H groups in total. The van der Waals surface area contributed by atoms with E-state index in [0.717, 1.165) is 24.0 Å². The van der Waals surface area contributed by atoms with Gasteiger partial charge in [-0.1, -0.05) is 24.3 Å². The van der Waals surface area contributed by atoms with Crippen LogP contribution < -0.4 is 10.0 Å². The van der Waals surface area contributed by atoms with Crippen molar-refractivity contribution in [3.63, 3.8) is 0 Å². The fraction of sp³-hybridized carbons (Fsp3) is 0.316. The first-order valence-corrected chi connectivity index (χ1v) is 9.70. The van der Waals surface area contributed by atoms with E-state index in [1.54, 1.807) is 38.2 Å². The van der Waals surface area contributed by atoms with Crippen LogP contribution in [0.25, 0.3) is 0 Å². The van der Waals surface area contributed by atoms with Gasteiger partial charge in [0.1, 0.15) is 0 Å². The molecule has 0 aliphatic heterocycles. The third kappa shape index (κ3) is 3.26.